The van der Waals surface area contributed by atoms with E-state index in [9.17, 15) is 27.6 Å². The van der Waals surface area contributed by atoms with Crippen LogP contribution >= 0.6 is 0 Å². The third kappa shape index (κ3) is 8.91. The zero-order valence-corrected chi connectivity index (χ0v) is 25.8. The summed E-state index contributed by atoms with van der Waals surface area (Å²) in [4.78, 5) is 54.5. The maximum Gasteiger partial charge on any atom is 0.408 e. The van der Waals surface area contributed by atoms with Crippen molar-refractivity contribution in [3.05, 3.63) is 12.2 Å². The lowest BCUT2D eigenvalue weighted by Gasteiger charge is -2.31. The zero-order chi connectivity index (χ0) is 30.4. The van der Waals surface area contributed by atoms with Gasteiger partial charge in [0.05, 0.1) is 0 Å². The van der Waals surface area contributed by atoms with E-state index in [0.717, 1.165) is 19.3 Å². The molecule has 232 valence electrons. The second kappa shape index (κ2) is 13.5. The lowest BCUT2D eigenvalue weighted by molar-refractivity contribution is -0.141. The number of unbranched alkanes of at least 4 members (excludes halogenated alkanes) is 2. The van der Waals surface area contributed by atoms with Gasteiger partial charge in [-0.1, -0.05) is 44.8 Å². The molecule has 0 bridgehead atoms. The lowest BCUT2D eigenvalue weighted by atomic mass is 9.94. The molecule has 3 aliphatic rings. The maximum absolute atomic E-state index is 13.7. The fraction of sp³-hybridized carbons (Fsp3) is 0.786. The van der Waals surface area contributed by atoms with E-state index in [1.54, 1.807) is 39.8 Å². The van der Waals surface area contributed by atoms with Crippen molar-refractivity contribution in [2.75, 3.05) is 6.54 Å². The first-order valence-corrected chi connectivity index (χ1v) is 16.3. The van der Waals surface area contributed by atoms with Crippen LogP contribution < -0.4 is 20.1 Å². The molecule has 1 heterocycles. The van der Waals surface area contributed by atoms with E-state index >= 15 is 0 Å². The van der Waals surface area contributed by atoms with Gasteiger partial charge < -0.3 is 20.3 Å². The fourth-order valence-corrected chi connectivity index (χ4v) is 6.47. The number of alkyl carbamates (subject to hydrolysis) is 1. The number of nitrogens with zero attached hydrogens (tertiary/aromatic N) is 1. The Hall–Kier alpha value is -2.67. The van der Waals surface area contributed by atoms with Gasteiger partial charge in [-0.25, -0.2) is 9.52 Å². The lowest BCUT2D eigenvalue weighted by Crippen LogP contribution is -2.59. The van der Waals surface area contributed by atoms with Gasteiger partial charge in [-0.05, 0) is 66.2 Å². The predicted molar refractivity (Wildman–Crippen MR) is 154 cm³/mol. The minimum atomic E-state index is -4.09. The van der Waals surface area contributed by atoms with Crippen LogP contribution in [0.4, 0.5) is 4.79 Å². The molecular formula is C28H47N5O7S. The Bertz CT molecular complexity index is 1120. The van der Waals surface area contributed by atoms with Gasteiger partial charge in [0.15, 0.2) is 0 Å². The van der Waals surface area contributed by atoms with Crippen LogP contribution in [0.25, 0.3) is 0 Å². The molecule has 4 amide bonds. The third-order valence-corrected chi connectivity index (χ3v) is 8.87. The first kappa shape index (κ1) is 32.8. The summed E-state index contributed by atoms with van der Waals surface area (Å²) in [5.74, 6) is -2.08. The number of rotatable bonds is 13. The Morgan fingerprint density at radius 2 is 1.80 bits per heavy atom. The van der Waals surface area contributed by atoms with Gasteiger partial charge in [0, 0.05) is 18.5 Å². The van der Waals surface area contributed by atoms with Crippen molar-refractivity contribution in [2.24, 2.45) is 5.92 Å². The first-order valence-electron chi connectivity index (χ1n) is 14.8. The highest BCUT2D eigenvalue weighted by Gasteiger charge is 2.61. The number of likely N-dealkylation sites (tertiary alicyclic amines) is 1. The molecule has 3 fully saturated rings. The molecule has 0 aromatic rings. The molecule has 0 spiro atoms. The van der Waals surface area contributed by atoms with Crippen molar-refractivity contribution in [2.45, 2.75) is 128 Å². The third-order valence-electron chi connectivity index (χ3n) is 7.77. The number of amides is 4. The van der Waals surface area contributed by atoms with Crippen molar-refractivity contribution in [1.29, 1.82) is 0 Å². The molecule has 0 aromatic heterocycles. The number of carbonyl (C=O) groups excluding carboxylic acids is 4. The minimum absolute atomic E-state index is 0.200. The minimum Gasteiger partial charge on any atom is -0.444 e. The van der Waals surface area contributed by atoms with E-state index in [1.807, 2.05) is 6.92 Å². The Kier molecular flexibility index (Phi) is 10.8. The molecule has 4 N–H and O–H groups in total. The largest absolute Gasteiger partial charge is 0.444 e. The van der Waals surface area contributed by atoms with Crippen LogP contribution in [0.15, 0.2) is 12.2 Å². The summed E-state index contributed by atoms with van der Waals surface area (Å²) in [5, 5.41) is 5.49. The van der Waals surface area contributed by atoms with Crippen molar-refractivity contribution in [3.63, 3.8) is 0 Å². The zero-order valence-electron chi connectivity index (χ0n) is 25.0. The second-order valence-corrected chi connectivity index (χ2v) is 13.8. The van der Waals surface area contributed by atoms with E-state index in [4.69, 9.17) is 4.74 Å². The highest BCUT2D eigenvalue weighted by atomic mass is 32.2. The number of nitrogens with one attached hydrogen (secondary N) is 4. The fourth-order valence-electron chi connectivity index (χ4n) is 5.31. The van der Waals surface area contributed by atoms with Crippen molar-refractivity contribution < 1.29 is 32.3 Å². The van der Waals surface area contributed by atoms with Gasteiger partial charge in [-0.3, -0.25) is 14.4 Å². The van der Waals surface area contributed by atoms with Crippen LogP contribution in [0.1, 0.15) is 98.8 Å². The van der Waals surface area contributed by atoms with Crippen molar-refractivity contribution in [1.82, 2.24) is 25.0 Å². The number of allylic oxidation sites excluding steroid dienone is 1. The van der Waals surface area contributed by atoms with Crippen molar-refractivity contribution in [3.8, 4) is 0 Å². The van der Waals surface area contributed by atoms with Crippen LogP contribution in [0, 0.1) is 5.92 Å². The standard InChI is InChI=1S/C28H47N5O7S/c1-6-8-9-15-21(29-26(37)40-27(3,4)5)24(35)33-17-11-16-22(33)23(34)30-28(18-19(28)12-7-2)25(36)32-41(38,39)31-20-13-10-14-20/h7,12,19-22,31H,6,8-11,13-18H2,1-5H3,(H,29,37)(H,30,34)(H,32,36)/b12-7-/t19-,21+,22+,28-/m1/s1. The summed E-state index contributed by atoms with van der Waals surface area (Å²) in [5.41, 5.74) is -2.16. The van der Waals surface area contributed by atoms with Gasteiger partial charge in [0.1, 0.15) is 23.2 Å². The molecule has 0 aromatic carbocycles. The first-order chi connectivity index (χ1) is 19.2. The molecule has 13 heteroatoms. The van der Waals surface area contributed by atoms with E-state index in [1.165, 1.54) is 4.90 Å². The molecule has 4 atom stereocenters. The summed E-state index contributed by atoms with van der Waals surface area (Å²) in [6.07, 6.45) is 9.31. The molecule has 0 radical (unpaired) electrons. The molecule has 2 saturated carbocycles. The number of ether oxygens (including phenoxy) is 1. The van der Waals surface area contributed by atoms with E-state index < -0.39 is 51.3 Å². The maximum atomic E-state index is 13.7. The van der Waals surface area contributed by atoms with E-state index in [-0.39, 0.29) is 24.3 Å². The summed E-state index contributed by atoms with van der Waals surface area (Å²) >= 11 is 0. The smallest absolute Gasteiger partial charge is 0.408 e. The van der Waals surface area contributed by atoms with Gasteiger partial charge in [-0.2, -0.15) is 13.1 Å². The number of hydrogen-bond acceptors (Lipinski definition) is 7. The second-order valence-electron chi connectivity index (χ2n) is 12.4. The topological polar surface area (TPSA) is 163 Å². The number of carbonyl (C=O) groups is 4. The van der Waals surface area contributed by atoms with E-state index in [2.05, 4.69) is 20.1 Å². The molecule has 41 heavy (non-hydrogen) atoms. The highest BCUT2D eigenvalue weighted by molar-refractivity contribution is 7.88. The normalized spacial score (nSPS) is 25.3. The molecule has 1 aliphatic heterocycles. The molecule has 3 rings (SSSR count). The van der Waals surface area contributed by atoms with Crippen LogP contribution in [0.5, 0.6) is 0 Å². The molecule has 2 aliphatic carbocycles. The van der Waals surface area contributed by atoms with Gasteiger partial charge >= 0.3 is 16.3 Å². The molecular weight excluding hydrogens is 550 g/mol. The molecule has 1 saturated heterocycles. The van der Waals surface area contributed by atoms with Crippen molar-refractivity contribution >= 4 is 34.0 Å². The molecule has 0 unspecified atom stereocenters. The summed E-state index contributed by atoms with van der Waals surface area (Å²) in [7, 11) is -4.09. The van der Waals surface area contributed by atoms with E-state index in [0.29, 0.717) is 45.1 Å². The quantitative estimate of drug-likeness (QED) is 0.187. The van der Waals surface area contributed by atoms with Gasteiger partial charge in [-0.15, -0.1) is 0 Å². The predicted octanol–water partition coefficient (Wildman–Crippen LogP) is 2.41. The van der Waals surface area contributed by atoms with Gasteiger partial charge in [0.2, 0.25) is 11.8 Å². The van der Waals surface area contributed by atoms with Crippen LogP contribution in [-0.4, -0.2) is 72.9 Å². The Balaban J connectivity index is 1.72. The summed E-state index contributed by atoms with van der Waals surface area (Å²) in [6.45, 7) is 9.36. The average Bonchev–Trinajstić information content (AvgIpc) is 3.30. The monoisotopic (exact) mass is 597 g/mol. The summed E-state index contributed by atoms with van der Waals surface area (Å²) in [6, 6.07) is -1.91. The Labute approximate surface area is 244 Å². The van der Waals surface area contributed by atoms with Crippen LogP contribution in [0.2, 0.25) is 0 Å². The Morgan fingerprint density at radius 1 is 1.10 bits per heavy atom. The SMILES string of the molecule is C/C=C\[C@@H]1C[C@]1(NC(=O)[C@@H]1CCCN1C(=O)[C@H](CCCCC)NC(=O)OC(C)(C)C)C(=O)NS(=O)(=O)NC1CCC1. The average molecular weight is 598 g/mol. The van der Waals surface area contributed by atoms with Crippen LogP contribution in [0.3, 0.4) is 0 Å². The summed E-state index contributed by atoms with van der Waals surface area (Å²) < 4.78 is 35.0. The van der Waals surface area contributed by atoms with Gasteiger partial charge in [0.25, 0.3) is 5.91 Å². The van der Waals surface area contributed by atoms with Crippen LogP contribution in [-0.2, 0) is 29.3 Å². The highest BCUT2D eigenvalue weighted by Crippen LogP contribution is 2.45. The number of hydrogen-bond donors (Lipinski definition) is 4. The molecule has 12 nitrogen and oxygen atoms in total. The Morgan fingerprint density at radius 3 is 2.39 bits per heavy atom.